The number of fused-ring (bicyclic) bond motifs is 1. The maximum Gasteiger partial charge on any atom is 0.229 e. The average Bonchev–Trinajstić information content (AvgIpc) is 2.46. The average molecular weight is 293 g/mol. The Labute approximate surface area is 123 Å². The molecule has 0 aromatic heterocycles. The van der Waals surface area contributed by atoms with Crippen LogP contribution in [0.4, 0.5) is 5.69 Å². The minimum absolute atomic E-state index is 0.0742. The van der Waals surface area contributed by atoms with Crippen molar-refractivity contribution < 1.29 is 9.59 Å². The second-order valence-electron chi connectivity index (χ2n) is 5.01. The van der Waals surface area contributed by atoms with Crippen LogP contribution in [0.5, 0.6) is 0 Å². The van der Waals surface area contributed by atoms with Crippen LogP contribution in [-0.4, -0.2) is 30.7 Å². The Morgan fingerprint density at radius 3 is 2.65 bits per heavy atom. The number of benzene rings is 1. The largest absolute Gasteiger partial charge is 0.383 e. The van der Waals surface area contributed by atoms with Crippen LogP contribution in [0.2, 0.25) is 5.02 Å². The standard InChI is InChI=1S/C15H17ClN2O2/c1-4-9-5-11-13(7-12(9)16)17-14(19)6-10(15(11)20)8-18(2)3/h5,7-8H,4,6H2,1-3H3,(H,17,19). The number of ketones is 1. The number of aryl methyl sites for hydroxylation is 1. The summed E-state index contributed by atoms with van der Waals surface area (Å²) in [5, 5.41) is 3.31. The number of carbonyl (C=O) groups excluding carboxylic acids is 2. The lowest BCUT2D eigenvalue weighted by Crippen LogP contribution is -2.12. The molecule has 4 nitrogen and oxygen atoms in total. The maximum absolute atomic E-state index is 12.6. The summed E-state index contributed by atoms with van der Waals surface area (Å²) in [7, 11) is 3.65. The molecular weight excluding hydrogens is 276 g/mol. The molecule has 1 aliphatic rings. The van der Waals surface area contributed by atoms with E-state index < -0.39 is 0 Å². The van der Waals surface area contributed by atoms with Crippen molar-refractivity contribution in [3.63, 3.8) is 0 Å². The smallest absolute Gasteiger partial charge is 0.229 e. The first kappa shape index (κ1) is 14.6. The van der Waals surface area contributed by atoms with Crippen molar-refractivity contribution in [2.45, 2.75) is 19.8 Å². The van der Waals surface area contributed by atoms with Gasteiger partial charge in [-0.2, -0.15) is 0 Å². The first-order valence-corrected chi connectivity index (χ1v) is 6.84. The summed E-state index contributed by atoms with van der Waals surface area (Å²) in [6.07, 6.45) is 2.50. The van der Waals surface area contributed by atoms with Crippen LogP contribution >= 0.6 is 11.6 Å². The predicted octanol–water partition coefficient (Wildman–Crippen LogP) is 2.87. The molecule has 0 radical (unpaired) electrons. The zero-order valence-electron chi connectivity index (χ0n) is 11.8. The zero-order valence-corrected chi connectivity index (χ0v) is 12.5. The number of anilines is 1. The van der Waals surface area contributed by atoms with Crippen LogP contribution in [0.15, 0.2) is 23.9 Å². The van der Waals surface area contributed by atoms with Crippen LogP contribution in [0, 0.1) is 0 Å². The molecule has 0 aliphatic carbocycles. The first-order chi connectivity index (χ1) is 9.42. The Bertz CT molecular complexity index is 606. The number of carbonyl (C=O) groups is 2. The molecule has 0 spiro atoms. The predicted molar refractivity (Wildman–Crippen MR) is 80.2 cm³/mol. The number of nitrogens with one attached hydrogen (secondary N) is 1. The Kier molecular flexibility index (Phi) is 4.14. The molecule has 106 valence electrons. The van der Waals surface area contributed by atoms with Crippen LogP contribution in [0.25, 0.3) is 0 Å². The van der Waals surface area contributed by atoms with Gasteiger partial charge in [0.2, 0.25) is 5.91 Å². The van der Waals surface area contributed by atoms with Crippen LogP contribution < -0.4 is 5.32 Å². The van der Waals surface area contributed by atoms with Crippen molar-refractivity contribution in [3.8, 4) is 0 Å². The zero-order chi connectivity index (χ0) is 14.9. The quantitative estimate of drug-likeness (QED) is 0.853. The highest BCUT2D eigenvalue weighted by Gasteiger charge is 2.25. The summed E-state index contributed by atoms with van der Waals surface area (Å²) in [6, 6.07) is 3.43. The summed E-state index contributed by atoms with van der Waals surface area (Å²) in [5.74, 6) is -0.330. The summed E-state index contributed by atoms with van der Waals surface area (Å²) in [5.41, 5.74) is 2.38. The van der Waals surface area contributed by atoms with Gasteiger partial charge in [0.25, 0.3) is 0 Å². The molecule has 0 atom stereocenters. The molecule has 1 N–H and O–H groups in total. The lowest BCUT2D eigenvalue weighted by molar-refractivity contribution is -0.115. The van der Waals surface area contributed by atoms with Gasteiger partial charge in [0, 0.05) is 36.5 Å². The minimum Gasteiger partial charge on any atom is -0.383 e. The van der Waals surface area contributed by atoms with Gasteiger partial charge in [-0.15, -0.1) is 0 Å². The fraction of sp³-hybridized carbons (Fsp3) is 0.333. The number of nitrogens with zero attached hydrogens (tertiary/aromatic N) is 1. The summed E-state index contributed by atoms with van der Waals surface area (Å²) in [6.45, 7) is 1.98. The highest BCUT2D eigenvalue weighted by Crippen LogP contribution is 2.30. The maximum atomic E-state index is 12.6. The van der Waals surface area contributed by atoms with Gasteiger partial charge in [0.05, 0.1) is 12.1 Å². The van der Waals surface area contributed by atoms with Crippen molar-refractivity contribution in [1.29, 1.82) is 0 Å². The van der Waals surface area contributed by atoms with Crippen molar-refractivity contribution in [2.24, 2.45) is 0 Å². The SMILES string of the molecule is CCc1cc2c(cc1Cl)NC(=O)CC(=CN(C)C)C2=O. The fourth-order valence-corrected chi connectivity index (χ4v) is 2.51. The van der Waals surface area contributed by atoms with Crippen LogP contribution in [0.3, 0.4) is 0 Å². The molecule has 1 heterocycles. The Balaban J connectivity index is 2.58. The molecule has 0 fully saturated rings. The summed E-state index contributed by atoms with van der Waals surface area (Å²) >= 11 is 6.15. The number of rotatable bonds is 2. The van der Waals surface area contributed by atoms with Gasteiger partial charge >= 0.3 is 0 Å². The normalized spacial score (nSPS) is 16.7. The molecular formula is C15H17ClN2O2. The Hall–Kier alpha value is -1.81. The highest BCUT2D eigenvalue weighted by molar-refractivity contribution is 6.32. The van der Waals surface area contributed by atoms with Gasteiger partial charge in [-0.3, -0.25) is 9.59 Å². The van der Waals surface area contributed by atoms with Crippen molar-refractivity contribution in [2.75, 3.05) is 19.4 Å². The monoisotopic (exact) mass is 292 g/mol. The summed E-state index contributed by atoms with van der Waals surface area (Å²) < 4.78 is 0. The molecule has 0 saturated heterocycles. The van der Waals surface area contributed by atoms with Crippen molar-refractivity contribution in [1.82, 2.24) is 4.90 Å². The topological polar surface area (TPSA) is 49.4 Å². The van der Waals surface area contributed by atoms with Crippen molar-refractivity contribution >= 4 is 29.0 Å². The fourth-order valence-electron chi connectivity index (χ4n) is 2.22. The van der Waals surface area contributed by atoms with Crippen molar-refractivity contribution in [3.05, 3.63) is 40.1 Å². The number of halogens is 1. The van der Waals surface area contributed by atoms with Gasteiger partial charge in [0.15, 0.2) is 5.78 Å². The van der Waals surface area contributed by atoms with Gasteiger partial charge in [-0.05, 0) is 24.1 Å². The van der Waals surface area contributed by atoms with Gasteiger partial charge in [-0.1, -0.05) is 18.5 Å². The molecule has 5 heteroatoms. The summed E-state index contributed by atoms with van der Waals surface area (Å²) in [4.78, 5) is 26.2. The second-order valence-corrected chi connectivity index (χ2v) is 5.42. The number of hydrogen-bond acceptors (Lipinski definition) is 3. The molecule has 1 amide bonds. The molecule has 0 unspecified atom stereocenters. The molecule has 1 aromatic rings. The van der Waals surface area contributed by atoms with E-state index in [9.17, 15) is 9.59 Å². The van der Waals surface area contributed by atoms with Crippen LogP contribution in [-0.2, 0) is 11.2 Å². The van der Waals surface area contributed by atoms with Gasteiger partial charge in [-0.25, -0.2) is 0 Å². The second kappa shape index (κ2) is 5.67. The van der Waals surface area contributed by atoms with E-state index in [0.717, 1.165) is 12.0 Å². The molecule has 20 heavy (non-hydrogen) atoms. The Morgan fingerprint density at radius 2 is 2.05 bits per heavy atom. The van der Waals surface area contributed by atoms with Gasteiger partial charge < -0.3 is 10.2 Å². The van der Waals surface area contributed by atoms with Gasteiger partial charge in [0.1, 0.15) is 0 Å². The molecule has 1 aliphatic heterocycles. The number of Topliss-reactive ketones (excluding diaryl/α,β-unsaturated/α-hetero) is 1. The third-order valence-electron chi connectivity index (χ3n) is 3.14. The minimum atomic E-state index is -0.203. The highest BCUT2D eigenvalue weighted by atomic mass is 35.5. The van der Waals surface area contributed by atoms with E-state index >= 15 is 0 Å². The Morgan fingerprint density at radius 1 is 1.35 bits per heavy atom. The molecule has 1 aromatic carbocycles. The first-order valence-electron chi connectivity index (χ1n) is 6.46. The lowest BCUT2D eigenvalue weighted by Gasteiger charge is -2.11. The third-order valence-corrected chi connectivity index (χ3v) is 3.49. The number of hydrogen-bond donors (Lipinski definition) is 1. The van der Waals surface area contributed by atoms with E-state index in [0.29, 0.717) is 21.8 Å². The molecule has 0 saturated carbocycles. The number of amides is 1. The van der Waals surface area contributed by atoms with E-state index in [4.69, 9.17) is 11.6 Å². The molecule has 2 rings (SSSR count). The van der Waals surface area contributed by atoms with E-state index in [1.807, 2.05) is 21.0 Å². The van der Waals surface area contributed by atoms with E-state index in [1.54, 1.807) is 23.2 Å². The van der Waals surface area contributed by atoms with E-state index in [2.05, 4.69) is 5.32 Å². The van der Waals surface area contributed by atoms with E-state index in [1.165, 1.54) is 0 Å². The molecule has 0 bridgehead atoms. The van der Waals surface area contributed by atoms with E-state index in [-0.39, 0.29) is 18.1 Å². The van der Waals surface area contributed by atoms with Crippen LogP contribution in [0.1, 0.15) is 29.3 Å². The lowest BCUT2D eigenvalue weighted by atomic mass is 9.99. The third kappa shape index (κ3) is 2.85.